The zero-order valence-electron chi connectivity index (χ0n) is 10.1. The fraction of sp³-hybridized carbons (Fsp3) is 0.231. The second-order valence-corrected chi connectivity index (χ2v) is 6.86. The summed E-state index contributed by atoms with van der Waals surface area (Å²) in [4.78, 5) is 11.9. The lowest BCUT2D eigenvalue weighted by Crippen LogP contribution is -2.24. The molecule has 0 saturated carbocycles. The number of sulfone groups is 1. The Labute approximate surface area is 106 Å². The summed E-state index contributed by atoms with van der Waals surface area (Å²) in [5.41, 5.74) is 0.393. The standard InChI is InChI=1S/C13H13NO3S/c1-8(2)18(16,17)12-7-11(14)13(15)10-6-4-3-5-9(10)12/h3-8,14H,1-2H3. The van der Waals surface area contributed by atoms with E-state index < -0.39 is 20.9 Å². The van der Waals surface area contributed by atoms with E-state index in [4.69, 9.17) is 5.41 Å². The van der Waals surface area contributed by atoms with Crippen molar-refractivity contribution in [3.05, 3.63) is 41.5 Å². The van der Waals surface area contributed by atoms with Crippen molar-refractivity contribution in [2.75, 3.05) is 0 Å². The van der Waals surface area contributed by atoms with Crippen molar-refractivity contribution in [3.63, 3.8) is 0 Å². The molecule has 0 fully saturated rings. The van der Waals surface area contributed by atoms with Crippen molar-refractivity contribution in [3.8, 4) is 0 Å². The van der Waals surface area contributed by atoms with Crippen molar-refractivity contribution in [1.29, 1.82) is 5.41 Å². The van der Waals surface area contributed by atoms with Gasteiger partial charge in [0.15, 0.2) is 9.84 Å². The smallest absolute Gasteiger partial charge is 0.211 e. The van der Waals surface area contributed by atoms with E-state index >= 15 is 0 Å². The van der Waals surface area contributed by atoms with Crippen molar-refractivity contribution in [1.82, 2.24) is 0 Å². The number of nitrogens with one attached hydrogen (secondary N) is 1. The summed E-state index contributed by atoms with van der Waals surface area (Å²) in [6.07, 6.45) is 1.15. The molecule has 1 N–H and O–H groups in total. The molecule has 0 bridgehead atoms. The van der Waals surface area contributed by atoms with Crippen LogP contribution in [0.3, 0.4) is 0 Å². The van der Waals surface area contributed by atoms with E-state index in [1.807, 2.05) is 0 Å². The summed E-state index contributed by atoms with van der Waals surface area (Å²) in [6, 6.07) is 6.50. The molecule has 0 spiro atoms. The molecule has 1 aliphatic rings. The second kappa shape index (κ2) is 4.17. The molecule has 1 aromatic carbocycles. The first-order valence-corrected chi connectivity index (χ1v) is 7.08. The maximum absolute atomic E-state index is 12.2. The molecule has 0 unspecified atom stereocenters. The molecule has 0 radical (unpaired) electrons. The molecule has 5 heteroatoms. The monoisotopic (exact) mass is 263 g/mol. The molecular weight excluding hydrogens is 250 g/mol. The number of Topliss-reactive ketones (excluding diaryl/α,β-unsaturated/α-hetero) is 1. The van der Waals surface area contributed by atoms with Crippen LogP contribution >= 0.6 is 0 Å². The summed E-state index contributed by atoms with van der Waals surface area (Å²) in [5.74, 6) is -0.437. The van der Waals surface area contributed by atoms with Gasteiger partial charge in [-0.25, -0.2) is 8.42 Å². The number of carbonyl (C=O) groups excluding carboxylic acids is 1. The zero-order chi connectivity index (χ0) is 13.5. The molecule has 1 aliphatic carbocycles. The van der Waals surface area contributed by atoms with Gasteiger partial charge in [-0.3, -0.25) is 10.2 Å². The average molecular weight is 263 g/mol. The predicted molar refractivity (Wildman–Crippen MR) is 70.5 cm³/mol. The summed E-state index contributed by atoms with van der Waals surface area (Å²) >= 11 is 0. The molecule has 1 aromatic rings. The predicted octanol–water partition coefficient (Wildman–Crippen LogP) is 2.07. The lowest BCUT2D eigenvalue weighted by molar-refractivity contribution is 0.106. The van der Waals surface area contributed by atoms with Gasteiger partial charge in [0.1, 0.15) is 5.71 Å². The quantitative estimate of drug-likeness (QED) is 0.887. The minimum atomic E-state index is -3.50. The SMILES string of the molecule is CC(C)S(=O)(=O)C1=CC(=N)C(=O)c2ccccc21. The van der Waals surface area contributed by atoms with Crippen LogP contribution < -0.4 is 0 Å². The van der Waals surface area contributed by atoms with E-state index in [-0.39, 0.29) is 16.2 Å². The molecule has 0 amide bonds. The number of ketones is 1. The van der Waals surface area contributed by atoms with Crippen LogP contribution in [0.1, 0.15) is 29.8 Å². The summed E-state index contributed by atoms with van der Waals surface area (Å²) in [6.45, 7) is 3.16. The van der Waals surface area contributed by atoms with Gasteiger partial charge in [-0.05, 0) is 19.9 Å². The van der Waals surface area contributed by atoms with Gasteiger partial charge >= 0.3 is 0 Å². The third-order valence-electron chi connectivity index (χ3n) is 2.88. The van der Waals surface area contributed by atoms with Gasteiger partial charge in [0.05, 0.1) is 10.2 Å². The number of hydrogen-bond donors (Lipinski definition) is 1. The normalized spacial score (nSPS) is 15.6. The van der Waals surface area contributed by atoms with Gasteiger partial charge in [0, 0.05) is 11.1 Å². The number of allylic oxidation sites excluding steroid dienone is 1. The Kier molecular flexibility index (Phi) is 2.94. The second-order valence-electron chi connectivity index (χ2n) is 4.39. The van der Waals surface area contributed by atoms with Crippen LogP contribution in [-0.2, 0) is 9.84 Å². The van der Waals surface area contributed by atoms with Gasteiger partial charge in [-0.15, -0.1) is 0 Å². The summed E-state index contributed by atoms with van der Waals surface area (Å²) in [7, 11) is -3.50. The van der Waals surface area contributed by atoms with E-state index in [0.717, 1.165) is 6.08 Å². The maximum atomic E-state index is 12.2. The Morgan fingerprint density at radius 3 is 2.22 bits per heavy atom. The van der Waals surface area contributed by atoms with Gasteiger partial charge in [0.2, 0.25) is 5.78 Å². The lowest BCUT2D eigenvalue weighted by atomic mass is 9.95. The first-order chi connectivity index (χ1) is 8.35. The molecule has 18 heavy (non-hydrogen) atoms. The van der Waals surface area contributed by atoms with E-state index in [2.05, 4.69) is 0 Å². The summed E-state index contributed by atoms with van der Waals surface area (Å²) in [5, 5.41) is 7.00. The van der Waals surface area contributed by atoms with E-state index in [1.54, 1.807) is 38.1 Å². The number of fused-ring (bicyclic) bond motifs is 1. The van der Waals surface area contributed by atoms with E-state index in [9.17, 15) is 13.2 Å². The lowest BCUT2D eigenvalue weighted by Gasteiger charge is -2.19. The number of carbonyl (C=O) groups is 1. The van der Waals surface area contributed by atoms with Crippen LogP contribution in [0.25, 0.3) is 4.91 Å². The number of rotatable bonds is 2. The van der Waals surface area contributed by atoms with Gasteiger partial charge in [-0.2, -0.15) is 0 Å². The van der Waals surface area contributed by atoms with Gasteiger partial charge < -0.3 is 0 Å². The first-order valence-electron chi connectivity index (χ1n) is 5.54. The average Bonchev–Trinajstić information content (AvgIpc) is 2.33. The van der Waals surface area contributed by atoms with Crippen LogP contribution in [0.4, 0.5) is 0 Å². The summed E-state index contributed by atoms with van der Waals surface area (Å²) < 4.78 is 24.4. The topological polar surface area (TPSA) is 75.1 Å². The third kappa shape index (κ3) is 1.80. The largest absolute Gasteiger partial charge is 0.297 e. The maximum Gasteiger partial charge on any atom is 0.211 e. The number of hydrogen-bond acceptors (Lipinski definition) is 4. The highest BCUT2D eigenvalue weighted by Gasteiger charge is 2.31. The van der Waals surface area contributed by atoms with Crippen LogP contribution in [0.5, 0.6) is 0 Å². The molecular formula is C13H13NO3S. The fourth-order valence-electron chi connectivity index (χ4n) is 1.80. The van der Waals surface area contributed by atoms with Gasteiger partial charge in [0.25, 0.3) is 0 Å². The Morgan fingerprint density at radius 1 is 1.11 bits per heavy atom. The van der Waals surface area contributed by atoms with Crippen LogP contribution in [0, 0.1) is 5.41 Å². The third-order valence-corrected chi connectivity index (χ3v) is 5.08. The van der Waals surface area contributed by atoms with Gasteiger partial charge in [-0.1, -0.05) is 24.3 Å². The van der Waals surface area contributed by atoms with E-state index in [0.29, 0.717) is 5.56 Å². The van der Waals surface area contributed by atoms with Crippen LogP contribution in [0.15, 0.2) is 30.3 Å². The molecule has 4 nitrogen and oxygen atoms in total. The Balaban J connectivity index is 2.74. The van der Waals surface area contributed by atoms with E-state index in [1.165, 1.54) is 0 Å². The Bertz CT molecular complexity index is 669. The zero-order valence-corrected chi connectivity index (χ0v) is 10.9. The Hall–Kier alpha value is -1.75. The molecule has 2 rings (SSSR count). The molecule has 0 aliphatic heterocycles. The van der Waals surface area contributed by atoms with Crippen molar-refractivity contribution >= 4 is 26.2 Å². The van der Waals surface area contributed by atoms with Crippen LogP contribution in [-0.4, -0.2) is 25.2 Å². The molecule has 0 heterocycles. The number of benzene rings is 1. The Morgan fingerprint density at radius 2 is 1.67 bits per heavy atom. The van der Waals surface area contributed by atoms with Crippen LogP contribution in [0.2, 0.25) is 0 Å². The minimum Gasteiger partial charge on any atom is -0.297 e. The van der Waals surface area contributed by atoms with Crippen molar-refractivity contribution < 1.29 is 13.2 Å². The minimum absolute atomic E-state index is 0.0673. The first kappa shape index (κ1) is 12.7. The molecule has 0 atom stereocenters. The molecule has 94 valence electrons. The highest BCUT2D eigenvalue weighted by Crippen LogP contribution is 2.31. The molecule has 0 aromatic heterocycles. The van der Waals surface area contributed by atoms with Crippen molar-refractivity contribution in [2.24, 2.45) is 0 Å². The highest BCUT2D eigenvalue weighted by atomic mass is 32.2. The fourth-order valence-corrected chi connectivity index (χ4v) is 3.08. The highest BCUT2D eigenvalue weighted by molar-refractivity contribution is 8.01. The molecule has 0 saturated heterocycles. The van der Waals surface area contributed by atoms with Crippen molar-refractivity contribution in [2.45, 2.75) is 19.1 Å².